The van der Waals surface area contributed by atoms with Crippen molar-refractivity contribution in [2.24, 2.45) is 5.92 Å². The Balaban J connectivity index is 1.42. The van der Waals surface area contributed by atoms with Crippen molar-refractivity contribution in [3.8, 4) is 0 Å². The number of benzene rings is 2. The second kappa shape index (κ2) is 10.5. The molecule has 0 aliphatic carbocycles. The van der Waals surface area contributed by atoms with Crippen molar-refractivity contribution in [2.45, 2.75) is 32.2 Å². The van der Waals surface area contributed by atoms with E-state index in [4.69, 9.17) is 23.2 Å². The number of halogens is 2. The minimum atomic E-state index is -0.111. The number of carbonyl (C=O) groups is 2. The third kappa shape index (κ3) is 6.65. The Morgan fingerprint density at radius 1 is 1.07 bits per heavy atom. The number of amides is 3. The highest BCUT2D eigenvalue weighted by molar-refractivity contribution is 6.31. The summed E-state index contributed by atoms with van der Waals surface area (Å²) in [7, 11) is 0. The van der Waals surface area contributed by atoms with Crippen LogP contribution in [0.15, 0.2) is 48.5 Å². The molecule has 0 bridgehead atoms. The molecule has 1 saturated heterocycles. The first-order chi connectivity index (χ1) is 14.0. The molecule has 1 aliphatic rings. The van der Waals surface area contributed by atoms with Crippen LogP contribution < -0.4 is 10.6 Å². The van der Waals surface area contributed by atoms with Gasteiger partial charge in [0.25, 0.3) is 0 Å². The Bertz CT molecular complexity index is 842. The predicted octanol–water partition coefficient (Wildman–Crippen LogP) is 5.33. The van der Waals surface area contributed by atoms with Crippen LogP contribution in [-0.2, 0) is 11.3 Å². The molecule has 1 fully saturated rings. The van der Waals surface area contributed by atoms with E-state index in [1.807, 2.05) is 29.2 Å². The first-order valence-electron chi connectivity index (χ1n) is 9.83. The van der Waals surface area contributed by atoms with E-state index >= 15 is 0 Å². The lowest BCUT2D eigenvalue weighted by atomic mass is 9.93. The van der Waals surface area contributed by atoms with Crippen LogP contribution in [0.2, 0.25) is 10.0 Å². The average molecular weight is 434 g/mol. The van der Waals surface area contributed by atoms with Crippen molar-refractivity contribution < 1.29 is 9.59 Å². The minimum Gasteiger partial charge on any atom is -0.352 e. The molecule has 0 aromatic heterocycles. The molecular weight excluding hydrogens is 409 g/mol. The number of rotatable bonds is 6. The zero-order valence-corrected chi connectivity index (χ0v) is 17.7. The Morgan fingerprint density at radius 2 is 1.83 bits per heavy atom. The van der Waals surface area contributed by atoms with E-state index in [2.05, 4.69) is 10.6 Å². The third-order valence-electron chi connectivity index (χ3n) is 5.12. The summed E-state index contributed by atoms with van der Waals surface area (Å²) < 4.78 is 0. The van der Waals surface area contributed by atoms with Gasteiger partial charge in [0.1, 0.15) is 0 Å². The molecule has 1 atom stereocenters. The van der Waals surface area contributed by atoms with Gasteiger partial charge in [-0.3, -0.25) is 4.79 Å². The Morgan fingerprint density at radius 3 is 2.59 bits per heavy atom. The number of nitrogens with one attached hydrogen (secondary N) is 2. The molecule has 0 unspecified atom stereocenters. The first kappa shape index (κ1) is 21.5. The number of hydrogen-bond donors (Lipinski definition) is 2. The van der Waals surface area contributed by atoms with Gasteiger partial charge in [-0.2, -0.15) is 0 Å². The smallest absolute Gasteiger partial charge is 0.321 e. The largest absolute Gasteiger partial charge is 0.352 e. The van der Waals surface area contributed by atoms with Crippen molar-refractivity contribution in [1.82, 2.24) is 10.2 Å². The Labute approximate surface area is 181 Å². The fraction of sp³-hybridized carbons (Fsp3) is 0.364. The molecule has 1 aliphatic heterocycles. The summed E-state index contributed by atoms with van der Waals surface area (Å²) in [5.41, 5.74) is 1.63. The highest BCUT2D eigenvalue weighted by Crippen LogP contribution is 2.22. The molecule has 3 rings (SSSR count). The Hall–Kier alpha value is -2.24. The van der Waals surface area contributed by atoms with Gasteiger partial charge < -0.3 is 15.5 Å². The summed E-state index contributed by atoms with van der Waals surface area (Å²) in [6.07, 6.45) is 3.18. The molecule has 1 heterocycles. The molecule has 5 nitrogen and oxygen atoms in total. The van der Waals surface area contributed by atoms with Crippen LogP contribution >= 0.6 is 23.2 Å². The lowest BCUT2D eigenvalue weighted by molar-refractivity contribution is -0.121. The highest BCUT2D eigenvalue weighted by Gasteiger charge is 2.24. The monoisotopic (exact) mass is 433 g/mol. The van der Waals surface area contributed by atoms with Crippen LogP contribution in [0.1, 0.15) is 31.2 Å². The van der Waals surface area contributed by atoms with Gasteiger partial charge in [0.2, 0.25) is 5.91 Å². The number of likely N-dealkylation sites (tertiary alicyclic amines) is 1. The second-order valence-corrected chi connectivity index (χ2v) is 8.14. The molecule has 0 saturated carbocycles. The van der Waals surface area contributed by atoms with E-state index in [1.54, 1.807) is 24.3 Å². The van der Waals surface area contributed by atoms with Gasteiger partial charge >= 0.3 is 6.03 Å². The minimum absolute atomic E-state index is 0.00709. The summed E-state index contributed by atoms with van der Waals surface area (Å²) in [5.74, 6) is 0.332. The van der Waals surface area contributed by atoms with Gasteiger partial charge in [-0.25, -0.2) is 4.79 Å². The van der Waals surface area contributed by atoms with Crippen LogP contribution in [0.3, 0.4) is 0 Å². The summed E-state index contributed by atoms with van der Waals surface area (Å²) in [4.78, 5) is 26.5. The lowest BCUT2D eigenvalue weighted by Crippen LogP contribution is -2.42. The van der Waals surface area contributed by atoms with Crippen molar-refractivity contribution in [3.05, 3.63) is 64.1 Å². The molecule has 2 aromatic carbocycles. The van der Waals surface area contributed by atoms with E-state index in [0.29, 0.717) is 35.5 Å². The van der Waals surface area contributed by atoms with Crippen molar-refractivity contribution in [2.75, 3.05) is 18.4 Å². The molecule has 2 N–H and O–H groups in total. The Kier molecular flexibility index (Phi) is 7.78. The van der Waals surface area contributed by atoms with Crippen LogP contribution in [0.25, 0.3) is 0 Å². The quantitative estimate of drug-likeness (QED) is 0.645. The van der Waals surface area contributed by atoms with E-state index < -0.39 is 0 Å². The van der Waals surface area contributed by atoms with E-state index in [9.17, 15) is 9.59 Å². The van der Waals surface area contributed by atoms with E-state index in [0.717, 1.165) is 37.1 Å². The third-order valence-corrected chi connectivity index (χ3v) is 5.74. The van der Waals surface area contributed by atoms with Gasteiger partial charge in [0.05, 0.1) is 0 Å². The zero-order valence-electron chi connectivity index (χ0n) is 16.2. The highest BCUT2D eigenvalue weighted by atomic mass is 35.5. The van der Waals surface area contributed by atoms with Crippen molar-refractivity contribution >= 4 is 40.8 Å². The van der Waals surface area contributed by atoms with Crippen molar-refractivity contribution in [3.63, 3.8) is 0 Å². The van der Waals surface area contributed by atoms with Crippen LogP contribution in [0, 0.1) is 5.92 Å². The lowest BCUT2D eigenvalue weighted by Gasteiger charge is -2.32. The second-order valence-electron chi connectivity index (χ2n) is 7.30. The van der Waals surface area contributed by atoms with Gasteiger partial charge in [-0.15, -0.1) is 0 Å². The molecule has 0 radical (unpaired) electrons. The normalized spacial score (nSPS) is 16.3. The van der Waals surface area contributed by atoms with Gasteiger partial charge in [-0.1, -0.05) is 41.4 Å². The number of hydrogen-bond acceptors (Lipinski definition) is 2. The molecule has 154 valence electrons. The number of urea groups is 1. The van der Waals surface area contributed by atoms with Crippen molar-refractivity contribution in [1.29, 1.82) is 0 Å². The maximum atomic E-state index is 12.5. The molecule has 3 amide bonds. The van der Waals surface area contributed by atoms with Gasteiger partial charge in [0.15, 0.2) is 0 Å². The topological polar surface area (TPSA) is 61.4 Å². The summed E-state index contributed by atoms with van der Waals surface area (Å²) in [5, 5.41) is 7.12. The maximum absolute atomic E-state index is 12.5. The molecule has 0 spiro atoms. The molecule has 7 heteroatoms. The summed E-state index contributed by atoms with van der Waals surface area (Å²) in [6.45, 7) is 1.82. The first-order valence-corrected chi connectivity index (χ1v) is 10.6. The maximum Gasteiger partial charge on any atom is 0.321 e. The number of nitrogens with zero attached hydrogens (tertiary/aromatic N) is 1. The van der Waals surface area contributed by atoms with Crippen LogP contribution in [0.4, 0.5) is 10.5 Å². The summed E-state index contributed by atoms with van der Waals surface area (Å²) >= 11 is 12.0. The van der Waals surface area contributed by atoms with Crippen LogP contribution in [-0.4, -0.2) is 29.9 Å². The fourth-order valence-electron chi connectivity index (χ4n) is 3.48. The standard InChI is InChI=1S/C22H25Cl2N3O2/c23-18-8-10-19(11-9-18)26-22(29)27-13-3-4-16(15-27)7-12-21(28)25-14-17-5-1-2-6-20(17)24/h1-2,5-6,8-11,16H,3-4,7,12-15H2,(H,25,28)(H,26,29)/t16-/m0/s1. The van der Waals surface area contributed by atoms with Crippen LogP contribution in [0.5, 0.6) is 0 Å². The number of anilines is 1. The van der Waals surface area contributed by atoms with Gasteiger partial charge in [0, 0.05) is 41.8 Å². The van der Waals surface area contributed by atoms with Gasteiger partial charge in [-0.05, 0) is 61.1 Å². The summed E-state index contributed by atoms with van der Waals surface area (Å²) in [6, 6.07) is 14.4. The SMILES string of the molecule is O=C(CC[C@@H]1CCCN(C(=O)Nc2ccc(Cl)cc2)C1)NCc1ccccc1Cl. The molecule has 2 aromatic rings. The molecule has 29 heavy (non-hydrogen) atoms. The zero-order chi connectivity index (χ0) is 20.6. The number of carbonyl (C=O) groups excluding carboxylic acids is 2. The number of piperidine rings is 1. The molecular formula is C22H25Cl2N3O2. The van der Waals surface area contributed by atoms with E-state index in [-0.39, 0.29) is 11.9 Å². The van der Waals surface area contributed by atoms with E-state index in [1.165, 1.54) is 0 Å². The fourth-order valence-corrected chi connectivity index (χ4v) is 3.81. The average Bonchev–Trinajstić information content (AvgIpc) is 2.73. The predicted molar refractivity (Wildman–Crippen MR) is 117 cm³/mol.